The molecule has 136 valence electrons. The van der Waals surface area contributed by atoms with Gasteiger partial charge in [-0.15, -0.1) is 0 Å². The molecule has 0 fully saturated rings. The third-order valence-electron chi connectivity index (χ3n) is 4.52. The first-order valence-corrected chi connectivity index (χ1v) is 9.64. The number of carbonyl (C=O) groups excluding carboxylic acids is 1. The smallest absolute Gasteiger partial charge is 0.262 e. The molecule has 3 aromatic rings. The zero-order valence-corrected chi connectivity index (χ0v) is 16.4. The molecule has 0 unspecified atom stereocenters. The van der Waals surface area contributed by atoms with E-state index in [1.54, 1.807) is 4.90 Å². The Hall–Kier alpha value is -2.79. The molecule has 1 aliphatic heterocycles. The Labute approximate surface area is 166 Å². The number of ether oxygens (including phenoxy) is 1. The van der Waals surface area contributed by atoms with Gasteiger partial charge in [0.1, 0.15) is 11.9 Å². The SMILES string of the molecule is CCOc1ccc(N2C(=O)c3ccccc3N[C@@H]2c2cccc(Br)c2)cc1. The van der Waals surface area contributed by atoms with Crippen molar-refractivity contribution in [1.29, 1.82) is 0 Å². The maximum Gasteiger partial charge on any atom is 0.262 e. The average molecular weight is 423 g/mol. The van der Waals surface area contributed by atoms with Crippen LogP contribution < -0.4 is 15.0 Å². The maximum absolute atomic E-state index is 13.3. The molecule has 0 spiro atoms. The first kappa shape index (κ1) is 17.6. The monoisotopic (exact) mass is 422 g/mol. The number of nitrogens with one attached hydrogen (secondary N) is 1. The quantitative estimate of drug-likeness (QED) is 0.593. The largest absolute Gasteiger partial charge is 0.494 e. The highest BCUT2D eigenvalue weighted by Gasteiger charge is 2.34. The highest BCUT2D eigenvalue weighted by atomic mass is 79.9. The number of hydrogen-bond donors (Lipinski definition) is 1. The summed E-state index contributed by atoms with van der Waals surface area (Å²) in [4.78, 5) is 15.1. The molecule has 4 rings (SSSR count). The molecule has 5 heteroatoms. The number of rotatable bonds is 4. The zero-order valence-electron chi connectivity index (χ0n) is 14.9. The van der Waals surface area contributed by atoms with Gasteiger partial charge in [0.2, 0.25) is 0 Å². The number of carbonyl (C=O) groups is 1. The van der Waals surface area contributed by atoms with Crippen LogP contribution in [0.1, 0.15) is 29.0 Å². The van der Waals surface area contributed by atoms with E-state index in [1.807, 2.05) is 79.7 Å². The number of nitrogens with zero attached hydrogens (tertiary/aromatic N) is 1. The highest BCUT2D eigenvalue weighted by molar-refractivity contribution is 9.10. The van der Waals surface area contributed by atoms with Crippen molar-refractivity contribution in [2.24, 2.45) is 0 Å². The fourth-order valence-electron chi connectivity index (χ4n) is 3.30. The lowest BCUT2D eigenvalue weighted by molar-refractivity contribution is 0.0975. The Kier molecular flexibility index (Phi) is 4.86. The lowest BCUT2D eigenvalue weighted by atomic mass is 10.0. The third-order valence-corrected chi connectivity index (χ3v) is 5.01. The van der Waals surface area contributed by atoms with Gasteiger partial charge in [-0.1, -0.05) is 40.2 Å². The van der Waals surface area contributed by atoms with Gasteiger partial charge in [-0.25, -0.2) is 0 Å². The van der Waals surface area contributed by atoms with Crippen LogP contribution in [0.25, 0.3) is 0 Å². The van der Waals surface area contributed by atoms with Crippen LogP contribution in [-0.4, -0.2) is 12.5 Å². The predicted molar refractivity (Wildman–Crippen MR) is 111 cm³/mol. The fourth-order valence-corrected chi connectivity index (χ4v) is 3.72. The van der Waals surface area contributed by atoms with Gasteiger partial charge in [0.05, 0.1) is 12.2 Å². The van der Waals surface area contributed by atoms with Crippen LogP contribution in [0.15, 0.2) is 77.3 Å². The van der Waals surface area contributed by atoms with Crippen molar-refractivity contribution in [2.75, 3.05) is 16.8 Å². The Balaban J connectivity index is 1.80. The van der Waals surface area contributed by atoms with E-state index in [-0.39, 0.29) is 12.1 Å². The van der Waals surface area contributed by atoms with Crippen molar-refractivity contribution in [1.82, 2.24) is 0 Å². The van der Waals surface area contributed by atoms with Crippen molar-refractivity contribution in [3.05, 3.63) is 88.4 Å². The molecular formula is C22H19BrN2O2. The predicted octanol–water partition coefficient (Wildman–Crippen LogP) is 5.62. The summed E-state index contributed by atoms with van der Waals surface area (Å²) in [5, 5.41) is 3.51. The molecule has 0 saturated carbocycles. The summed E-state index contributed by atoms with van der Waals surface area (Å²) >= 11 is 3.53. The maximum atomic E-state index is 13.3. The molecular weight excluding hydrogens is 404 g/mol. The molecule has 3 aromatic carbocycles. The third kappa shape index (κ3) is 3.43. The first-order valence-electron chi connectivity index (χ1n) is 8.85. The van der Waals surface area contributed by atoms with Crippen LogP contribution in [0.5, 0.6) is 5.75 Å². The minimum absolute atomic E-state index is 0.0292. The lowest BCUT2D eigenvalue weighted by Crippen LogP contribution is -2.43. The second-order valence-corrected chi connectivity index (χ2v) is 7.17. The number of anilines is 2. The molecule has 1 atom stereocenters. The van der Waals surface area contributed by atoms with E-state index in [4.69, 9.17) is 4.74 Å². The van der Waals surface area contributed by atoms with Crippen molar-refractivity contribution < 1.29 is 9.53 Å². The van der Waals surface area contributed by atoms with Gasteiger partial charge in [0.15, 0.2) is 0 Å². The van der Waals surface area contributed by atoms with Gasteiger partial charge >= 0.3 is 0 Å². The molecule has 0 radical (unpaired) electrons. The Morgan fingerprint density at radius 1 is 1.04 bits per heavy atom. The molecule has 0 bridgehead atoms. The van der Waals surface area contributed by atoms with Gasteiger partial charge in [-0.05, 0) is 61.0 Å². The van der Waals surface area contributed by atoms with Crippen LogP contribution >= 0.6 is 15.9 Å². The standard InChI is InChI=1S/C22H19BrN2O2/c1-2-27-18-12-10-17(11-13-18)25-21(15-6-5-7-16(23)14-15)24-20-9-4-3-8-19(20)22(25)26/h3-14,21,24H,2H2,1H3/t21-/m0/s1. The van der Waals surface area contributed by atoms with Crippen LogP contribution in [0.3, 0.4) is 0 Å². The number of hydrogen-bond acceptors (Lipinski definition) is 3. The molecule has 1 N–H and O–H groups in total. The number of halogens is 1. The summed E-state index contributed by atoms with van der Waals surface area (Å²) in [6.45, 7) is 2.56. The van der Waals surface area contributed by atoms with Crippen LogP contribution in [0.2, 0.25) is 0 Å². The van der Waals surface area contributed by atoms with Gasteiger partial charge in [-0.2, -0.15) is 0 Å². The van der Waals surface area contributed by atoms with E-state index in [0.29, 0.717) is 12.2 Å². The Morgan fingerprint density at radius 3 is 2.56 bits per heavy atom. The summed E-state index contributed by atoms with van der Waals surface area (Å²) in [6.07, 6.45) is -0.303. The van der Waals surface area contributed by atoms with Crippen LogP contribution in [0.4, 0.5) is 11.4 Å². The van der Waals surface area contributed by atoms with Crippen LogP contribution in [-0.2, 0) is 0 Å². The topological polar surface area (TPSA) is 41.6 Å². The first-order chi connectivity index (χ1) is 13.2. The second kappa shape index (κ2) is 7.45. The molecule has 0 aromatic heterocycles. The van der Waals surface area contributed by atoms with E-state index >= 15 is 0 Å². The van der Waals surface area contributed by atoms with Crippen molar-refractivity contribution in [2.45, 2.75) is 13.1 Å². The minimum Gasteiger partial charge on any atom is -0.494 e. The summed E-state index contributed by atoms with van der Waals surface area (Å²) in [5.41, 5.74) is 3.32. The van der Waals surface area contributed by atoms with E-state index in [1.165, 1.54) is 0 Å². The highest BCUT2D eigenvalue weighted by Crippen LogP contribution is 2.37. The molecule has 1 amide bonds. The summed E-state index contributed by atoms with van der Waals surface area (Å²) < 4.78 is 6.51. The van der Waals surface area contributed by atoms with Gasteiger partial charge < -0.3 is 10.1 Å². The van der Waals surface area contributed by atoms with Gasteiger partial charge in [-0.3, -0.25) is 9.69 Å². The summed E-state index contributed by atoms with van der Waals surface area (Å²) in [5.74, 6) is 0.761. The van der Waals surface area contributed by atoms with Crippen LogP contribution in [0, 0.1) is 0 Å². The Morgan fingerprint density at radius 2 is 1.81 bits per heavy atom. The van der Waals surface area contributed by atoms with E-state index in [2.05, 4.69) is 21.2 Å². The number of amides is 1. The molecule has 1 heterocycles. The zero-order chi connectivity index (χ0) is 18.8. The number of fused-ring (bicyclic) bond motifs is 1. The fraction of sp³-hybridized carbons (Fsp3) is 0.136. The second-order valence-electron chi connectivity index (χ2n) is 6.25. The van der Waals surface area contributed by atoms with E-state index in [0.717, 1.165) is 27.2 Å². The molecule has 0 aliphatic carbocycles. The van der Waals surface area contributed by atoms with E-state index < -0.39 is 0 Å². The van der Waals surface area contributed by atoms with Crippen molar-refractivity contribution in [3.8, 4) is 5.75 Å². The molecule has 4 nitrogen and oxygen atoms in total. The van der Waals surface area contributed by atoms with Crippen molar-refractivity contribution >= 4 is 33.2 Å². The summed E-state index contributed by atoms with van der Waals surface area (Å²) in [7, 11) is 0. The minimum atomic E-state index is -0.303. The Bertz CT molecular complexity index is 972. The van der Waals surface area contributed by atoms with Gasteiger partial charge in [0.25, 0.3) is 5.91 Å². The number of para-hydroxylation sites is 1. The average Bonchev–Trinajstić information content (AvgIpc) is 2.69. The van der Waals surface area contributed by atoms with Crippen molar-refractivity contribution in [3.63, 3.8) is 0 Å². The van der Waals surface area contributed by atoms with E-state index in [9.17, 15) is 4.79 Å². The lowest BCUT2D eigenvalue weighted by Gasteiger charge is -2.38. The number of benzene rings is 3. The molecule has 27 heavy (non-hydrogen) atoms. The summed E-state index contributed by atoms with van der Waals surface area (Å²) in [6, 6.07) is 23.2. The molecule has 0 saturated heterocycles. The normalized spacial score (nSPS) is 15.9. The van der Waals surface area contributed by atoms with Gasteiger partial charge in [0, 0.05) is 15.8 Å². The molecule has 1 aliphatic rings.